The summed E-state index contributed by atoms with van der Waals surface area (Å²) < 4.78 is 0. The van der Waals surface area contributed by atoms with Crippen LogP contribution in [0.4, 0.5) is 0 Å². The third kappa shape index (κ3) is 11.6. The third-order valence-electron chi connectivity index (χ3n) is 2.36. The Balaban J connectivity index is 3.03. The molecule has 0 unspecified atom stereocenters. The van der Waals surface area contributed by atoms with Gasteiger partial charge in [-0.2, -0.15) is 0 Å². The molecule has 0 aliphatic rings. The number of unbranched alkanes of at least 4 members (excludes halogenated alkanes) is 6. The first-order valence-electron chi connectivity index (χ1n) is 5.72. The average Bonchev–Trinajstić information content (AvgIpc) is 2.08. The van der Waals surface area contributed by atoms with Gasteiger partial charge in [0.1, 0.15) is 6.29 Å². The van der Waals surface area contributed by atoms with E-state index in [0.29, 0.717) is 6.42 Å². The van der Waals surface area contributed by atoms with Gasteiger partial charge in [0.15, 0.2) is 0 Å². The molecule has 0 aromatic carbocycles. The van der Waals surface area contributed by atoms with E-state index in [2.05, 4.69) is 0 Å². The third-order valence-corrected chi connectivity index (χ3v) is 2.36. The Bertz CT molecular complexity index is 136. The summed E-state index contributed by atoms with van der Waals surface area (Å²) in [6.45, 7) is 3.72. The quantitative estimate of drug-likeness (QED) is 0.459. The van der Waals surface area contributed by atoms with E-state index in [-0.39, 0.29) is 0 Å². The van der Waals surface area contributed by atoms with Crippen LogP contribution in [0.2, 0.25) is 0 Å². The van der Waals surface area contributed by atoms with Crippen molar-refractivity contribution in [2.75, 3.05) is 0 Å². The molecule has 0 fully saturated rings. The van der Waals surface area contributed by atoms with Crippen molar-refractivity contribution < 1.29 is 9.90 Å². The van der Waals surface area contributed by atoms with Gasteiger partial charge < -0.3 is 9.90 Å². The van der Waals surface area contributed by atoms with Crippen molar-refractivity contribution in [3.63, 3.8) is 0 Å². The molecule has 0 heterocycles. The lowest BCUT2D eigenvalue weighted by molar-refractivity contribution is -0.107. The molecule has 0 aromatic rings. The van der Waals surface area contributed by atoms with E-state index in [0.717, 1.165) is 25.5 Å². The molecule has 0 aliphatic carbocycles. The summed E-state index contributed by atoms with van der Waals surface area (Å²) in [4.78, 5) is 10.0. The first kappa shape index (κ1) is 13.6. The SMILES string of the molecule is CC(C)(O)CCCCCCCCC=O. The van der Waals surface area contributed by atoms with Gasteiger partial charge in [0.2, 0.25) is 0 Å². The summed E-state index contributed by atoms with van der Waals surface area (Å²) in [5.74, 6) is 0. The second-order valence-corrected chi connectivity index (χ2v) is 4.64. The van der Waals surface area contributed by atoms with Crippen LogP contribution in [0.15, 0.2) is 0 Å². The Labute approximate surface area is 87.7 Å². The molecule has 2 nitrogen and oxygen atoms in total. The monoisotopic (exact) mass is 200 g/mol. The molecule has 2 heteroatoms. The molecule has 0 rings (SSSR count). The first-order chi connectivity index (χ1) is 6.56. The van der Waals surface area contributed by atoms with Gasteiger partial charge in [-0.15, -0.1) is 0 Å². The molecule has 0 radical (unpaired) electrons. The smallest absolute Gasteiger partial charge is 0.119 e. The van der Waals surface area contributed by atoms with E-state index in [1.54, 1.807) is 0 Å². The molecule has 0 saturated heterocycles. The van der Waals surface area contributed by atoms with E-state index < -0.39 is 5.60 Å². The van der Waals surface area contributed by atoms with Crippen molar-refractivity contribution in [1.29, 1.82) is 0 Å². The molecule has 0 amide bonds. The highest BCUT2D eigenvalue weighted by Gasteiger charge is 2.10. The molecule has 0 atom stereocenters. The van der Waals surface area contributed by atoms with E-state index in [1.165, 1.54) is 25.7 Å². The van der Waals surface area contributed by atoms with Gasteiger partial charge in [0, 0.05) is 6.42 Å². The van der Waals surface area contributed by atoms with Crippen LogP contribution in [0.3, 0.4) is 0 Å². The van der Waals surface area contributed by atoms with Crippen LogP contribution < -0.4 is 0 Å². The fourth-order valence-corrected chi connectivity index (χ4v) is 1.49. The summed E-state index contributed by atoms with van der Waals surface area (Å²) in [6, 6.07) is 0. The highest BCUT2D eigenvalue weighted by molar-refractivity contribution is 5.48. The topological polar surface area (TPSA) is 37.3 Å². The van der Waals surface area contributed by atoms with Crippen molar-refractivity contribution in [2.24, 2.45) is 0 Å². The normalized spacial score (nSPS) is 11.6. The van der Waals surface area contributed by atoms with Crippen molar-refractivity contribution in [2.45, 2.75) is 70.8 Å². The Morgan fingerprint density at radius 3 is 2.00 bits per heavy atom. The zero-order chi connectivity index (χ0) is 10.9. The molecule has 1 N–H and O–H groups in total. The van der Waals surface area contributed by atoms with Gasteiger partial charge in [-0.25, -0.2) is 0 Å². The summed E-state index contributed by atoms with van der Waals surface area (Å²) >= 11 is 0. The standard InChI is InChI=1S/C12H24O2/c1-12(2,14)10-8-6-4-3-5-7-9-11-13/h11,14H,3-10H2,1-2H3. The van der Waals surface area contributed by atoms with E-state index in [4.69, 9.17) is 0 Å². The van der Waals surface area contributed by atoms with Gasteiger partial charge in [-0.3, -0.25) is 0 Å². The molecule has 0 saturated carbocycles. The van der Waals surface area contributed by atoms with Crippen LogP contribution >= 0.6 is 0 Å². The Morgan fingerprint density at radius 2 is 1.50 bits per heavy atom. The maximum atomic E-state index is 10.0. The Morgan fingerprint density at radius 1 is 1.00 bits per heavy atom. The van der Waals surface area contributed by atoms with Gasteiger partial charge in [0.05, 0.1) is 5.60 Å². The first-order valence-corrected chi connectivity index (χ1v) is 5.72. The fraction of sp³-hybridized carbons (Fsp3) is 0.917. The predicted molar refractivity (Wildman–Crippen MR) is 59.3 cm³/mol. The van der Waals surface area contributed by atoms with Crippen molar-refractivity contribution in [3.8, 4) is 0 Å². The van der Waals surface area contributed by atoms with Crippen molar-refractivity contribution >= 4 is 6.29 Å². The molecule has 0 aliphatic heterocycles. The van der Waals surface area contributed by atoms with Gasteiger partial charge in [-0.1, -0.05) is 32.1 Å². The number of hydrogen-bond donors (Lipinski definition) is 1. The number of aliphatic hydroxyl groups is 1. The van der Waals surface area contributed by atoms with Gasteiger partial charge in [-0.05, 0) is 26.7 Å². The Kier molecular flexibility index (Phi) is 7.77. The van der Waals surface area contributed by atoms with E-state index in [1.807, 2.05) is 13.8 Å². The Hall–Kier alpha value is -0.370. The van der Waals surface area contributed by atoms with Crippen LogP contribution in [-0.2, 0) is 4.79 Å². The minimum Gasteiger partial charge on any atom is -0.390 e. The largest absolute Gasteiger partial charge is 0.390 e. The maximum absolute atomic E-state index is 10.0. The van der Waals surface area contributed by atoms with Crippen LogP contribution in [-0.4, -0.2) is 17.0 Å². The molecule has 84 valence electrons. The van der Waals surface area contributed by atoms with E-state index in [9.17, 15) is 9.90 Å². The molecular formula is C12H24O2. The minimum atomic E-state index is -0.502. The number of carbonyl (C=O) groups is 1. The molecule has 0 spiro atoms. The average molecular weight is 200 g/mol. The zero-order valence-corrected chi connectivity index (χ0v) is 9.59. The summed E-state index contributed by atoms with van der Waals surface area (Å²) in [7, 11) is 0. The maximum Gasteiger partial charge on any atom is 0.119 e. The predicted octanol–water partition coefficient (Wildman–Crippen LogP) is 3.08. The van der Waals surface area contributed by atoms with Crippen LogP contribution in [0, 0.1) is 0 Å². The lowest BCUT2D eigenvalue weighted by atomic mass is 10.00. The highest BCUT2D eigenvalue weighted by Crippen LogP contribution is 2.14. The summed E-state index contributed by atoms with van der Waals surface area (Å²) in [6.07, 6.45) is 9.56. The van der Waals surface area contributed by atoms with Gasteiger partial charge in [0.25, 0.3) is 0 Å². The lowest BCUT2D eigenvalue weighted by Gasteiger charge is -2.16. The number of hydrogen-bond acceptors (Lipinski definition) is 2. The molecule has 0 aromatic heterocycles. The number of carbonyl (C=O) groups excluding carboxylic acids is 1. The van der Waals surface area contributed by atoms with Gasteiger partial charge >= 0.3 is 0 Å². The molecular weight excluding hydrogens is 176 g/mol. The number of aldehydes is 1. The van der Waals surface area contributed by atoms with Crippen LogP contribution in [0.5, 0.6) is 0 Å². The summed E-state index contributed by atoms with van der Waals surface area (Å²) in [5, 5.41) is 9.45. The van der Waals surface area contributed by atoms with E-state index >= 15 is 0 Å². The lowest BCUT2D eigenvalue weighted by Crippen LogP contribution is -2.17. The van der Waals surface area contributed by atoms with Crippen LogP contribution in [0.25, 0.3) is 0 Å². The fourth-order valence-electron chi connectivity index (χ4n) is 1.49. The zero-order valence-electron chi connectivity index (χ0n) is 9.59. The minimum absolute atomic E-state index is 0.502. The van der Waals surface area contributed by atoms with Crippen molar-refractivity contribution in [3.05, 3.63) is 0 Å². The number of rotatable bonds is 9. The van der Waals surface area contributed by atoms with Crippen molar-refractivity contribution in [1.82, 2.24) is 0 Å². The second kappa shape index (κ2) is 7.98. The second-order valence-electron chi connectivity index (χ2n) is 4.64. The highest BCUT2D eigenvalue weighted by atomic mass is 16.3. The summed E-state index contributed by atoms with van der Waals surface area (Å²) in [5.41, 5.74) is -0.502. The van der Waals surface area contributed by atoms with Crippen LogP contribution in [0.1, 0.15) is 65.2 Å². The molecule has 14 heavy (non-hydrogen) atoms. The molecule has 0 bridgehead atoms.